The number of ketones is 1. The van der Waals surface area contributed by atoms with E-state index in [-0.39, 0.29) is 11.7 Å². The fourth-order valence-electron chi connectivity index (χ4n) is 4.16. The van der Waals surface area contributed by atoms with Gasteiger partial charge < -0.3 is 10.1 Å². The van der Waals surface area contributed by atoms with Gasteiger partial charge in [-0.05, 0) is 77.2 Å². The van der Waals surface area contributed by atoms with E-state index in [9.17, 15) is 9.59 Å². The van der Waals surface area contributed by atoms with E-state index in [1.165, 1.54) is 34.0 Å². The molecular weight excluding hydrogens is 442 g/mol. The normalized spacial score (nSPS) is 11.4. The molecule has 5 rings (SSSR count). The van der Waals surface area contributed by atoms with Gasteiger partial charge in [0.25, 0.3) is 5.91 Å². The van der Waals surface area contributed by atoms with Crippen LogP contribution in [-0.2, 0) is 6.42 Å². The second-order valence-electron chi connectivity index (χ2n) is 8.13. The van der Waals surface area contributed by atoms with Crippen LogP contribution in [0.25, 0.3) is 11.1 Å². The van der Waals surface area contributed by atoms with Gasteiger partial charge in [-0.1, -0.05) is 42.5 Å². The molecule has 1 aliphatic rings. The number of nitrogens with one attached hydrogen (secondary N) is 1. The van der Waals surface area contributed by atoms with Crippen molar-refractivity contribution in [1.82, 2.24) is 0 Å². The van der Waals surface area contributed by atoms with Gasteiger partial charge in [0.05, 0.1) is 12.9 Å². The lowest BCUT2D eigenvalue weighted by molar-refractivity contribution is 0.101. The molecule has 0 fully saturated rings. The summed E-state index contributed by atoms with van der Waals surface area (Å²) in [5.74, 6) is 0.936. The van der Waals surface area contributed by atoms with Crippen LogP contribution in [0.5, 0.6) is 5.75 Å². The Morgan fingerprint density at radius 2 is 1.59 bits per heavy atom. The monoisotopic (exact) mass is 465 g/mol. The average Bonchev–Trinajstić information content (AvgIpc) is 3.25. The smallest absolute Gasteiger partial charge is 0.255 e. The predicted octanol–water partition coefficient (Wildman–Crippen LogP) is 6.49. The lowest BCUT2D eigenvalue weighted by Gasteiger charge is -2.08. The van der Waals surface area contributed by atoms with Crippen molar-refractivity contribution in [2.75, 3.05) is 18.2 Å². The Morgan fingerprint density at radius 3 is 2.41 bits per heavy atom. The minimum absolute atomic E-state index is 0.0939. The van der Waals surface area contributed by atoms with Crippen LogP contribution in [0.4, 0.5) is 5.69 Å². The van der Waals surface area contributed by atoms with Gasteiger partial charge in [0.1, 0.15) is 5.75 Å². The molecule has 168 valence electrons. The molecule has 1 amide bonds. The van der Waals surface area contributed by atoms with Crippen molar-refractivity contribution in [2.24, 2.45) is 0 Å². The Hall–Kier alpha value is -3.83. The zero-order valence-corrected chi connectivity index (χ0v) is 19.5. The molecule has 0 atom stereocenters. The molecule has 0 bridgehead atoms. The maximum absolute atomic E-state index is 12.9. The SMILES string of the molecule is COc1ccc(C(=O)Nc2cccc(SCC(=O)c3ccc4c(c3)Cc3ccccc3-4)c2)cc1. The highest BCUT2D eigenvalue weighted by Gasteiger charge is 2.19. The number of thioether (sulfide) groups is 1. The van der Waals surface area contributed by atoms with Crippen LogP contribution in [0.3, 0.4) is 0 Å². The minimum atomic E-state index is -0.194. The number of benzene rings is 4. The summed E-state index contributed by atoms with van der Waals surface area (Å²) in [6, 6.07) is 28.9. The van der Waals surface area contributed by atoms with E-state index in [1.807, 2.05) is 36.4 Å². The van der Waals surface area contributed by atoms with Crippen LogP contribution < -0.4 is 10.1 Å². The number of fused-ring (bicyclic) bond motifs is 3. The molecule has 0 aliphatic heterocycles. The van der Waals surface area contributed by atoms with Crippen molar-refractivity contribution in [3.8, 4) is 16.9 Å². The van der Waals surface area contributed by atoms with E-state index in [0.717, 1.165) is 16.9 Å². The third kappa shape index (κ3) is 4.61. The number of methoxy groups -OCH3 is 1. The van der Waals surface area contributed by atoms with Gasteiger partial charge in [0.15, 0.2) is 5.78 Å². The molecule has 0 saturated heterocycles. The first-order chi connectivity index (χ1) is 16.6. The van der Waals surface area contributed by atoms with E-state index < -0.39 is 0 Å². The van der Waals surface area contributed by atoms with Crippen LogP contribution in [-0.4, -0.2) is 24.6 Å². The first kappa shape index (κ1) is 22.0. The maximum Gasteiger partial charge on any atom is 0.255 e. The number of hydrogen-bond acceptors (Lipinski definition) is 4. The molecule has 1 N–H and O–H groups in total. The van der Waals surface area contributed by atoms with E-state index in [4.69, 9.17) is 4.74 Å². The molecule has 4 aromatic rings. The summed E-state index contributed by atoms with van der Waals surface area (Å²) in [6.45, 7) is 0. The minimum Gasteiger partial charge on any atom is -0.497 e. The van der Waals surface area contributed by atoms with Crippen LogP contribution in [0, 0.1) is 0 Å². The first-order valence-corrected chi connectivity index (χ1v) is 12.0. The highest BCUT2D eigenvalue weighted by Crippen LogP contribution is 2.37. The molecule has 0 spiro atoms. The van der Waals surface area contributed by atoms with Gasteiger partial charge in [0.2, 0.25) is 0 Å². The number of hydrogen-bond donors (Lipinski definition) is 1. The summed E-state index contributed by atoms with van der Waals surface area (Å²) in [4.78, 5) is 26.4. The summed E-state index contributed by atoms with van der Waals surface area (Å²) in [6.07, 6.45) is 0.871. The number of Topliss-reactive ketones (excluding diaryl/α,β-unsaturated/α-hetero) is 1. The number of rotatable bonds is 7. The highest BCUT2D eigenvalue weighted by atomic mass is 32.2. The Kier molecular flexibility index (Phi) is 6.19. The van der Waals surface area contributed by atoms with Gasteiger partial charge in [0, 0.05) is 21.7 Å². The van der Waals surface area contributed by atoms with Gasteiger partial charge >= 0.3 is 0 Å². The molecule has 0 heterocycles. The lowest BCUT2D eigenvalue weighted by Crippen LogP contribution is -2.11. The summed E-state index contributed by atoms with van der Waals surface area (Å²) in [5.41, 5.74) is 6.98. The summed E-state index contributed by atoms with van der Waals surface area (Å²) < 4.78 is 5.14. The quantitative estimate of drug-likeness (QED) is 0.220. The number of anilines is 1. The molecule has 34 heavy (non-hydrogen) atoms. The van der Waals surface area contributed by atoms with Crippen molar-refractivity contribution >= 4 is 29.1 Å². The molecule has 1 aliphatic carbocycles. The van der Waals surface area contributed by atoms with Gasteiger partial charge in [-0.25, -0.2) is 0 Å². The molecule has 0 radical (unpaired) electrons. The molecule has 0 saturated carbocycles. The summed E-state index contributed by atoms with van der Waals surface area (Å²) in [5, 5.41) is 2.91. The van der Waals surface area contributed by atoms with Gasteiger partial charge in [-0.15, -0.1) is 11.8 Å². The average molecular weight is 466 g/mol. The topological polar surface area (TPSA) is 55.4 Å². The summed E-state index contributed by atoms with van der Waals surface area (Å²) in [7, 11) is 1.59. The molecular formula is C29H23NO3S. The van der Waals surface area contributed by atoms with E-state index in [2.05, 4.69) is 35.6 Å². The Labute approximate surface area is 203 Å². The lowest BCUT2D eigenvalue weighted by atomic mass is 10.0. The maximum atomic E-state index is 12.9. The third-order valence-electron chi connectivity index (χ3n) is 5.93. The molecule has 5 heteroatoms. The Balaban J connectivity index is 1.22. The first-order valence-electron chi connectivity index (χ1n) is 11.0. The Morgan fingerprint density at radius 1 is 0.824 bits per heavy atom. The van der Waals surface area contributed by atoms with Crippen LogP contribution in [0.1, 0.15) is 31.8 Å². The number of amides is 1. The zero-order valence-electron chi connectivity index (χ0n) is 18.7. The van der Waals surface area contributed by atoms with Crippen LogP contribution in [0.2, 0.25) is 0 Å². The van der Waals surface area contributed by atoms with Crippen molar-refractivity contribution in [1.29, 1.82) is 0 Å². The standard InChI is InChI=1S/C29H23NO3S/c1-33-24-12-9-19(10-13-24)29(32)30-23-6-4-7-25(17-23)34-18-28(31)21-11-14-27-22(16-21)15-20-5-2-3-8-26(20)27/h2-14,16-17H,15,18H2,1H3,(H,30,32). The van der Waals surface area contributed by atoms with Crippen molar-refractivity contribution < 1.29 is 14.3 Å². The van der Waals surface area contributed by atoms with Crippen molar-refractivity contribution in [3.63, 3.8) is 0 Å². The second-order valence-corrected chi connectivity index (χ2v) is 9.18. The fraction of sp³-hybridized carbons (Fsp3) is 0.103. The largest absolute Gasteiger partial charge is 0.497 e. The van der Waals surface area contributed by atoms with Gasteiger partial charge in [-0.3, -0.25) is 9.59 Å². The number of ether oxygens (including phenoxy) is 1. The van der Waals surface area contributed by atoms with Crippen LogP contribution in [0.15, 0.2) is 95.9 Å². The van der Waals surface area contributed by atoms with Crippen molar-refractivity contribution in [3.05, 3.63) is 113 Å². The summed E-state index contributed by atoms with van der Waals surface area (Å²) >= 11 is 1.47. The third-order valence-corrected chi connectivity index (χ3v) is 6.92. The highest BCUT2D eigenvalue weighted by molar-refractivity contribution is 8.00. The predicted molar refractivity (Wildman–Crippen MR) is 137 cm³/mol. The van der Waals surface area contributed by atoms with Gasteiger partial charge in [-0.2, -0.15) is 0 Å². The van der Waals surface area contributed by atoms with E-state index in [1.54, 1.807) is 31.4 Å². The van der Waals surface area contributed by atoms with Crippen LogP contribution >= 0.6 is 11.8 Å². The Bertz CT molecular complexity index is 1380. The molecule has 0 aromatic heterocycles. The zero-order chi connectivity index (χ0) is 23.5. The molecule has 0 unspecified atom stereocenters. The second kappa shape index (κ2) is 9.57. The molecule has 4 nitrogen and oxygen atoms in total. The van der Waals surface area contributed by atoms with Crippen molar-refractivity contribution in [2.45, 2.75) is 11.3 Å². The van der Waals surface area contributed by atoms with E-state index in [0.29, 0.717) is 22.8 Å². The van der Waals surface area contributed by atoms with E-state index >= 15 is 0 Å². The number of carbonyl (C=O) groups is 2. The fourth-order valence-corrected chi connectivity index (χ4v) is 5.01. The number of carbonyl (C=O) groups excluding carboxylic acids is 2. The molecule has 4 aromatic carbocycles.